The Morgan fingerprint density at radius 3 is 2.70 bits per heavy atom. The average molecular weight is 274 g/mol. The van der Waals surface area contributed by atoms with Crippen molar-refractivity contribution >= 4 is 0 Å². The van der Waals surface area contributed by atoms with Crippen LogP contribution in [0.5, 0.6) is 0 Å². The molecular weight excluding hydrogens is 244 g/mol. The average Bonchev–Trinajstić information content (AvgIpc) is 2.43. The molecule has 0 aliphatic carbocycles. The fourth-order valence-electron chi connectivity index (χ4n) is 2.57. The number of aryl methyl sites for hydroxylation is 2. The van der Waals surface area contributed by atoms with E-state index in [1.165, 1.54) is 43.4 Å². The number of allylic oxidation sites excluding steroid dienone is 1. The van der Waals surface area contributed by atoms with Crippen molar-refractivity contribution in [3.63, 3.8) is 0 Å². The molecule has 1 heterocycles. The van der Waals surface area contributed by atoms with E-state index in [0.29, 0.717) is 6.04 Å². The van der Waals surface area contributed by atoms with Crippen LogP contribution in [0.15, 0.2) is 24.8 Å². The van der Waals surface area contributed by atoms with Gasteiger partial charge in [0.25, 0.3) is 0 Å². The van der Waals surface area contributed by atoms with E-state index in [2.05, 4.69) is 49.8 Å². The van der Waals surface area contributed by atoms with Gasteiger partial charge in [0.15, 0.2) is 0 Å². The van der Waals surface area contributed by atoms with Gasteiger partial charge in [-0.3, -0.25) is 4.98 Å². The minimum atomic E-state index is 0.451. The van der Waals surface area contributed by atoms with Gasteiger partial charge in [-0.2, -0.15) is 0 Å². The molecule has 1 aromatic heterocycles. The summed E-state index contributed by atoms with van der Waals surface area (Å²) in [6, 6.07) is 4.82. The third-order valence-corrected chi connectivity index (χ3v) is 3.68. The van der Waals surface area contributed by atoms with Crippen LogP contribution in [0.3, 0.4) is 0 Å². The van der Waals surface area contributed by atoms with Gasteiger partial charge in [0.05, 0.1) is 0 Å². The van der Waals surface area contributed by atoms with Crippen LogP contribution in [0.4, 0.5) is 0 Å². The lowest BCUT2D eigenvalue weighted by Crippen LogP contribution is -2.23. The summed E-state index contributed by atoms with van der Waals surface area (Å²) in [6.45, 7) is 11.3. The highest BCUT2D eigenvalue weighted by Gasteiger charge is 2.13. The zero-order valence-electron chi connectivity index (χ0n) is 13.4. The van der Waals surface area contributed by atoms with Gasteiger partial charge in [-0.25, -0.2) is 0 Å². The van der Waals surface area contributed by atoms with Crippen molar-refractivity contribution in [2.45, 2.75) is 65.3 Å². The van der Waals surface area contributed by atoms with Crippen LogP contribution in [0, 0.1) is 13.8 Å². The lowest BCUT2D eigenvalue weighted by Gasteiger charge is -2.20. The number of pyridine rings is 1. The summed E-state index contributed by atoms with van der Waals surface area (Å²) in [5, 5.41) is 3.68. The Balaban J connectivity index is 2.60. The highest BCUT2D eigenvalue weighted by Crippen LogP contribution is 2.22. The first-order valence-corrected chi connectivity index (χ1v) is 7.97. The van der Waals surface area contributed by atoms with Crippen LogP contribution < -0.4 is 5.32 Å². The number of nitrogens with one attached hydrogen (secondary N) is 1. The Kier molecular flexibility index (Phi) is 8.20. The second-order valence-corrected chi connectivity index (χ2v) is 5.56. The highest BCUT2D eigenvalue weighted by molar-refractivity contribution is 5.25. The lowest BCUT2D eigenvalue weighted by atomic mass is 9.98. The molecule has 112 valence electrons. The Hall–Kier alpha value is -1.15. The van der Waals surface area contributed by atoms with Crippen molar-refractivity contribution in [1.29, 1.82) is 0 Å². The second-order valence-electron chi connectivity index (χ2n) is 5.56. The van der Waals surface area contributed by atoms with E-state index in [9.17, 15) is 0 Å². The molecule has 1 aromatic rings. The highest BCUT2D eigenvalue weighted by atomic mass is 14.9. The van der Waals surface area contributed by atoms with Crippen LogP contribution in [0.2, 0.25) is 0 Å². The molecule has 1 atom stereocenters. The van der Waals surface area contributed by atoms with E-state index < -0.39 is 0 Å². The van der Waals surface area contributed by atoms with Gasteiger partial charge < -0.3 is 5.32 Å². The Morgan fingerprint density at radius 2 is 2.05 bits per heavy atom. The third-order valence-electron chi connectivity index (χ3n) is 3.68. The van der Waals surface area contributed by atoms with Crippen LogP contribution >= 0.6 is 0 Å². The van der Waals surface area contributed by atoms with Gasteiger partial charge in [-0.15, -0.1) is 6.58 Å². The summed E-state index contributed by atoms with van der Waals surface area (Å²) in [5.41, 5.74) is 3.64. The predicted octanol–water partition coefficient (Wildman–Crippen LogP) is 4.88. The van der Waals surface area contributed by atoms with Crippen molar-refractivity contribution in [1.82, 2.24) is 10.3 Å². The summed E-state index contributed by atoms with van der Waals surface area (Å²) < 4.78 is 0. The molecule has 0 fully saturated rings. The number of hydrogen-bond acceptors (Lipinski definition) is 2. The number of aromatic nitrogens is 1. The van der Waals surface area contributed by atoms with Gasteiger partial charge in [0.1, 0.15) is 0 Å². The van der Waals surface area contributed by atoms with E-state index in [-0.39, 0.29) is 0 Å². The molecule has 0 aromatic carbocycles. The van der Waals surface area contributed by atoms with Crippen LogP contribution in [-0.2, 0) is 0 Å². The normalized spacial score (nSPS) is 12.3. The Labute approximate surface area is 124 Å². The monoisotopic (exact) mass is 274 g/mol. The summed E-state index contributed by atoms with van der Waals surface area (Å²) in [6.07, 6.45) is 9.33. The largest absolute Gasteiger partial charge is 0.310 e. The van der Waals surface area contributed by atoms with Crippen molar-refractivity contribution in [2.75, 3.05) is 6.54 Å². The van der Waals surface area contributed by atoms with Crippen LogP contribution in [-0.4, -0.2) is 11.5 Å². The second kappa shape index (κ2) is 9.71. The molecule has 1 rings (SSSR count). The smallest absolute Gasteiger partial charge is 0.0423 e. The minimum absolute atomic E-state index is 0.451. The Bertz CT molecular complexity index is 398. The van der Waals surface area contributed by atoms with E-state index in [4.69, 9.17) is 0 Å². The van der Waals surface area contributed by atoms with E-state index in [0.717, 1.165) is 18.7 Å². The summed E-state index contributed by atoms with van der Waals surface area (Å²) >= 11 is 0. The molecule has 2 nitrogen and oxygen atoms in total. The molecule has 1 unspecified atom stereocenters. The molecule has 0 saturated carbocycles. The standard InChI is InChI=1S/C18H30N2/c1-5-7-8-9-10-11-18(19-14-6-2)17-13-12-15(3)20-16(17)4/h5,12-13,18-19H,1,6-11,14H2,2-4H3. The topological polar surface area (TPSA) is 24.9 Å². The molecule has 0 radical (unpaired) electrons. The van der Waals surface area contributed by atoms with Gasteiger partial charge in [-0.1, -0.05) is 31.9 Å². The fraction of sp³-hybridized carbons (Fsp3) is 0.611. The zero-order chi connectivity index (χ0) is 14.8. The van der Waals surface area contributed by atoms with E-state index >= 15 is 0 Å². The quantitative estimate of drug-likeness (QED) is 0.486. The summed E-state index contributed by atoms with van der Waals surface area (Å²) in [4.78, 5) is 4.61. The first-order valence-electron chi connectivity index (χ1n) is 7.97. The van der Waals surface area contributed by atoms with Gasteiger partial charge >= 0.3 is 0 Å². The summed E-state index contributed by atoms with van der Waals surface area (Å²) in [5.74, 6) is 0. The van der Waals surface area contributed by atoms with Gasteiger partial charge in [-0.05, 0) is 57.7 Å². The first kappa shape index (κ1) is 16.9. The number of nitrogens with zero attached hydrogens (tertiary/aromatic N) is 1. The van der Waals surface area contributed by atoms with E-state index in [1.807, 2.05) is 6.08 Å². The first-order chi connectivity index (χ1) is 9.69. The molecular formula is C18H30N2. The van der Waals surface area contributed by atoms with Crippen molar-refractivity contribution in [3.05, 3.63) is 41.7 Å². The maximum absolute atomic E-state index is 4.61. The van der Waals surface area contributed by atoms with Crippen LogP contribution in [0.1, 0.15) is 68.4 Å². The number of unbranched alkanes of at least 4 members (excludes halogenated alkanes) is 3. The zero-order valence-corrected chi connectivity index (χ0v) is 13.4. The van der Waals surface area contributed by atoms with Gasteiger partial charge in [0.2, 0.25) is 0 Å². The summed E-state index contributed by atoms with van der Waals surface area (Å²) in [7, 11) is 0. The molecule has 20 heavy (non-hydrogen) atoms. The molecule has 0 amide bonds. The predicted molar refractivity (Wildman–Crippen MR) is 88.0 cm³/mol. The Morgan fingerprint density at radius 1 is 1.25 bits per heavy atom. The molecule has 0 spiro atoms. The maximum Gasteiger partial charge on any atom is 0.0423 e. The number of hydrogen-bond donors (Lipinski definition) is 1. The SMILES string of the molecule is C=CCCCCCC(NCCC)c1ccc(C)nc1C. The van der Waals surface area contributed by atoms with Crippen LogP contribution in [0.25, 0.3) is 0 Å². The third kappa shape index (κ3) is 5.87. The van der Waals surface area contributed by atoms with Crippen molar-refractivity contribution in [3.8, 4) is 0 Å². The molecule has 2 heteroatoms. The molecule has 0 bridgehead atoms. The lowest BCUT2D eigenvalue weighted by molar-refractivity contribution is 0.469. The fourth-order valence-corrected chi connectivity index (χ4v) is 2.57. The molecule has 1 N–H and O–H groups in total. The molecule has 0 aliphatic rings. The molecule has 0 aliphatic heterocycles. The molecule has 0 saturated heterocycles. The van der Waals surface area contributed by atoms with E-state index in [1.54, 1.807) is 0 Å². The number of rotatable bonds is 10. The van der Waals surface area contributed by atoms with Crippen molar-refractivity contribution in [2.24, 2.45) is 0 Å². The minimum Gasteiger partial charge on any atom is -0.310 e. The van der Waals surface area contributed by atoms with Crippen molar-refractivity contribution < 1.29 is 0 Å². The van der Waals surface area contributed by atoms with Gasteiger partial charge in [0, 0.05) is 17.4 Å². The maximum atomic E-state index is 4.61.